The van der Waals surface area contributed by atoms with Crippen molar-refractivity contribution in [2.24, 2.45) is 0 Å². The molecule has 10 nitrogen and oxygen atoms in total. The summed E-state index contributed by atoms with van der Waals surface area (Å²) in [5, 5.41) is 6.32. The molecule has 0 aliphatic carbocycles. The lowest BCUT2D eigenvalue weighted by Gasteiger charge is -2.21. The Morgan fingerprint density at radius 1 is 0.929 bits per heavy atom. The van der Waals surface area contributed by atoms with Crippen LogP contribution in [0.4, 0.5) is 17.1 Å². The average Bonchev–Trinajstić information content (AvgIpc) is 3.33. The Morgan fingerprint density at radius 2 is 1.64 bits per heavy atom. The smallest absolute Gasteiger partial charge is 0.338 e. The first kappa shape index (κ1) is 28.7. The molecule has 2 aliphatic rings. The molecule has 0 fully saturated rings. The van der Waals surface area contributed by atoms with Crippen LogP contribution in [0.3, 0.4) is 0 Å². The second kappa shape index (κ2) is 12.4. The molecule has 0 bridgehead atoms. The van der Waals surface area contributed by atoms with Crippen molar-refractivity contribution in [3.63, 3.8) is 0 Å². The van der Waals surface area contributed by atoms with Crippen LogP contribution in [0.5, 0.6) is 11.5 Å². The minimum atomic E-state index is -0.456. The third-order valence-electron chi connectivity index (χ3n) is 7.03. The number of anilines is 3. The highest BCUT2D eigenvalue weighted by Crippen LogP contribution is 2.40. The van der Waals surface area contributed by atoms with Crippen molar-refractivity contribution in [3.8, 4) is 11.5 Å². The molecule has 2 heterocycles. The minimum Gasteiger partial charge on any atom is -0.486 e. The minimum absolute atomic E-state index is 0.0184. The van der Waals surface area contributed by atoms with E-state index in [2.05, 4.69) is 10.6 Å². The van der Waals surface area contributed by atoms with Gasteiger partial charge in [-0.25, -0.2) is 4.79 Å². The fourth-order valence-corrected chi connectivity index (χ4v) is 4.78. The predicted molar refractivity (Wildman–Crippen MR) is 162 cm³/mol. The van der Waals surface area contributed by atoms with Crippen molar-refractivity contribution in [1.82, 2.24) is 4.90 Å². The number of amides is 2. The van der Waals surface area contributed by atoms with Gasteiger partial charge in [-0.2, -0.15) is 0 Å². The van der Waals surface area contributed by atoms with Crippen molar-refractivity contribution < 1.29 is 28.6 Å². The van der Waals surface area contributed by atoms with Gasteiger partial charge >= 0.3 is 5.97 Å². The molecule has 2 aliphatic heterocycles. The highest BCUT2D eigenvalue weighted by atomic mass is 16.6. The van der Waals surface area contributed by atoms with E-state index >= 15 is 0 Å². The monoisotopic (exact) mass is 570 g/mol. The number of carbonyl (C=O) groups is 3. The Labute approximate surface area is 244 Å². The van der Waals surface area contributed by atoms with E-state index < -0.39 is 5.97 Å². The molecule has 5 rings (SSSR count). The fourth-order valence-electron chi connectivity index (χ4n) is 4.78. The molecule has 0 atom stereocenters. The normalized spacial score (nSPS) is 14.6. The second-order valence-corrected chi connectivity index (χ2v) is 10.2. The number of hydrogen-bond donors (Lipinski definition) is 2. The molecule has 0 radical (unpaired) electrons. The Balaban J connectivity index is 1.51. The highest BCUT2D eigenvalue weighted by molar-refractivity contribution is 6.37. The summed E-state index contributed by atoms with van der Waals surface area (Å²) in [4.78, 5) is 42.0. The van der Waals surface area contributed by atoms with Gasteiger partial charge in [0.1, 0.15) is 13.2 Å². The fraction of sp³-hybridized carbons (Fsp3) is 0.281. The number of nitrogens with one attached hydrogen (secondary N) is 2. The number of carbonyl (C=O) groups excluding carboxylic acids is 3. The van der Waals surface area contributed by atoms with Crippen LogP contribution in [0.1, 0.15) is 34.8 Å². The SMILES string of the molecule is CCOC(=O)c1ccc2c(c1)NC(=O)C2=C(Nc1ccc(N(C)C(=O)CCN(C)C)cc1)c1ccc2c(c1)OCCO2. The maximum absolute atomic E-state index is 13.4. The van der Waals surface area contributed by atoms with E-state index in [0.29, 0.717) is 71.3 Å². The van der Waals surface area contributed by atoms with Crippen molar-refractivity contribution in [2.75, 3.05) is 63.0 Å². The molecule has 0 unspecified atom stereocenters. The van der Waals surface area contributed by atoms with Gasteiger partial charge in [0.25, 0.3) is 5.91 Å². The zero-order valence-corrected chi connectivity index (χ0v) is 24.2. The summed E-state index contributed by atoms with van der Waals surface area (Å²) in [6, 6.07) is 18.0. The molecule has 218 valence electrons. The molecule has 10 heteroatoms. The van der Waals surface area contributed by atoms with E-state index in [1.54, 1.807) is 37.1 Å². The lowest BCUT2D eigenvalue weighted by atomic mass is 9.98. The summed E-state index contributed by atoms with van der Waals surface area (Å²) in [6.07, 6.45) is 0.413. The topological polar surface area (TPSA) is 109 Å². The Hall–Kier alpha value is -4.83. The summed E-state index contributed by atoms with van der Waals surface area (Å²) in [5.41, 5.74) is 4.67. The van der Waals surface area contributed by atoms with Gasteiger partial charge in [-0.05, 0) is 75.6 Å². The van der Waals surface area contributed by atoms with Crippen LogP contribution < -0.4 is 25.0 Å². The summed E-state index contributed by atoms with van der Waals surface area (Å²) < 4.78 is 16.6. The van der Waals surface area contributed by atoms with Gasteiger partial charge in [0.15, 0.2) is 11.5 Å². The first-order chi connectivity index (χ1) is 20.2. The molecule has 2 amide bonds. The maximum atomic E-state index is 13.4. The van der Waals surface area contributed by atoms with Crippen molar-refractivity contribution in [3.05, 3.63) is 77.4 Å². The Bertz CT molecular complexity index is 1550. The van der Waals surface area contributed by atoms with Gasteiger partial charge in [-0.15, -0.1) is 0 Å². The molecule has 2 N–H and O–H groups in total. The van der Waals surface area contributed by atoms with E-state index in [1.165, 1.54) is 0 Å². The Kier molecular flexibility index (Phi) is 8.44. The third-order valence-corrected chi connectivity index (χ3v) is 7.03. The zero-order chi connectivity index (χ0) is 29.8. The lowest BCUT2D eigenvalue weighted by molar-refractivity contribution is -0.118. The number of rotatable bonds is 9. The molecule has 0 saturated heterocycles. The molecule has 0 saturated carbocycles. The number of fused-ring (bicyclic) bond motifs is 2. The van der Waals surface area contributed by atoms with Crippen LogP contribution in [-0.4, -0.2) is 70.2 Å². The van der Waals surface area contributed by atoms with Crippen LogP contribution in [0.25, 0.3) is 11.3 Å². The first-order valence-electron chi connectivity index (χ1n) is 13.8. The van der Waals surface area contributed by atoms with Gasteiger partial charge in [0.2, 0.25) is 5.91 Å². The van der Waals surface area contributed by atoms with Gasteiger partial charge in [0.05, 0.1) is 29.1 Å². The number of benzene rings is 3. The second-order valence-electron chi connectivity index (χ2n) is 10.2. The van der Waals surface area contributed by atoms with Gasteiger partial charge in [-0.1, -0.05) is 6.07 Å². The zero-order valence-electron chi connectivity index (χ0n) is 24.2. The summed E-state index contributed by atoms with van der Waals surface area (Å²) in [6.45, 7) is 3.56. The van der Waals surface area contributed by atoms with E-state index in [1.807, 2.05) is 61.5 Å². The maximum Gasteiger partial charge on any atom is 0.338 e. The molecule has 42 heavy (non-hydrogen) atoms. The number of hydrogen-bond acceptors (Lipinski definition) is 8. The van der Waals surface area contributed by atoms with Gasteiger partial charge in [-0.3, -0.25) is 9.59 Å². The molecule has 0 aromatic heterocycles. The van der Waals surface area contributed by atoms with Crippen molar-refractivity contribution in [1.29, 1.82) is 0 Å². The lowest BCUT2D eigenvalue weighted by Crippen LogP contribution is -2.29. The van der Waals surface area contributed by atoms with Crippen molar-refractivity contribution >= 4 is 46.1 Å². The average molecular weight is 571 g/mol. The van der Waals surface area contributed by atoms with Crippen LogP contribution in [0, 0.1) is 0 Å². The van der Waals surface area contributed by atoms with E-state index in [-0.39, 0.29) is 18.4 Å². The third kappa shape index (κ3) is 6.08. The summed E-state index contributed by atoms with van der Waals surface area (Å²) in [7, 11) is 5.63. The van der Waals surface area contributed by atoms with Crippen molar-refractivity contribution in [2.45, 2.75) is 13.3 Å². The molecular formula is C32H34N4O6. The van der Waals surface area contributed by atoms with Crippen LogP contribution in [0.2, 0.25) is 0 Å². The molecule has 3 aromatic carbocycles. The standard InChI is InChI=1S/C32H34N4O6/c1-5-40-32(39)21-6-12-24-25(18-21)34-31(38)29(24)30(20-7-13-26-27(19-20)42-17-16-41-26)33-22-8-10-23(11-9-22)36(4)28(37)14-15-35(2)3/h6-13,18-19,33H,5,14-17H2,1-4H3,(H,34,38). The van der Waals surface area contributed by atoms with Crippen LogP contribution >= 0.6 is 0 Å². The predicted octanol–water partition coefficient (Wildman–Crippen LogP) is 4.48. The number of nitrogens with zero attached hydrogens (tertiary/aromatic N) is 2. The first-order valence-corrected chi connectivity index (χ1v) is 13.8. The summed E-state index contributed by atoms with van der Waals surface area (Å²) in [5.74, 6) is 0.470. The number of ether oxygens (including phenoxy) is 3. The largest absolute Gasteiger partial charge is 0.486 e. The summed E-state index contributed by atoms with van der Waals surface area (Å²) >= 11 is 0. The van der Waals surface area contributed by atoms with E-state index in [9.17, 15) is 14.4 Å². The van der Waals surface area contributed by atoms with Gasteiger partial charge < -0.3 is 34.6 Å². The quantitative estimate of drug-likeness (QED) is 0.286. The van der Waals surface area contributed by atoms with Gasteiger partial charge in [0, 0.05) is 42.5 Å². The van der Waals surface area contributed by atoms with E-state index in [4.69, 9.17) is 14.2 Å². The van der Waals surface area contributed by atoms with Crippen LogP contribution in [0.15, 0.2) is 60.7 Å². The Morgan fingerprint density at radius 3 is 2.36 bits per heavy atom. The molecule has 3 aromatic rings. The number of esters is 1. The highest BCUT2D eigenvalue weighted by Gasteiger charge is 2.30. The molecule has 0 spiro atoms. The van der Waals surface area contributed by atoms with E-state index in [0.717, 1.165) is 11.4 Å². The molecular weight excluding hydrogens is 536 g/mol. The van der Waals surface area contributed by atoms with Crippen LogP contribution in [-0.2, 0) is 14.3 Å².